The molecule has 1 aromatic rings. The molecular weight excluding hydrogens is 250 g/mol. The number of nitriles is 1. The molecule has 0 bridgehead atoms. The smallest absolute Gasteiger partial charge is 0.405 e. The fraction of sp³-hybridized carbons (Fsp3) is 0.333. The highest BCUT2D eigenvalue weighted by Gasteiger charge is 2.56. The van der Waals surface area contributed by atoms with Crippen LogP contribution in [0.2, 0.25) is 0 Å². The second-order valence-corrected chi connectivity index (χ2v) is 4.47. The number of non-ortho nitro benzene ring substituents is 1. The lowest BCUT2D eigenvalue weighted by Gasteiger charge is -2.17. The van der Waals surface area contributed by atoms with Crippen LogP contribution in [0.1, 0.15) is 18.4 Å². The Morgan fingerprint density at radius 2 is 2.42 bits per heavy atom. The van der Waals surface area contributed by atoms with E-state index in [1.165, 1.54) is 18.2 Å². The van der Waals surface area contributed by atoms with Crippen molar-refractivity contribution in [2.45, 2.75) is 18.4 Å². The number of nitrogens with zero attached hydrogens (tertiary/aromatic N) is 2. The van der Waals surface area contributed by atoms with E-state index in [0.29, 0.717) is 12.0 Å². The van der Waals surface area contributed by atoms with Crippen LogP contribution in [0.25, 0.3) is 0 Å². The van der Waals surface area contributed by atoms with Gasteiger partial charge in [0, 0.05) is 24.5 Å². The van der Waals surface area contributed by atoms with Gasteiger partial charge in [0.05, 0.1) is 16.5 Å². The van der Waals surface area contributed by atoms with Crippen LogP contribution in [0.4, 0.5) is 10.5 Å². The maximum Gasteiger partial charge on any atom is 0.405 e. The standard InChI is InChI=1S/C12H11N3O4/c13-5-4-9-7-12(9,14-11(16)17)8-2-1-3-10(6-8)15(18)19/h1-3,6,9,14H,4,7H2,(H,16,17)/t9-,12-/m0/s1. The first-order chi connectivity index (χ1) is 8.99. The molecule has 7 heteroatoms. The summed E-state index contributed by atoms with van der Waals surface area (Å²) in [4.78, 5) is 21.1. The molecule has 1 saturated carbocycles. The fourth-order valence-electron chi connectivity index (χ4n) is 2.35. The summed E-state index contributed by atoms with van der Waals surface area (Å²) in [5, 5.41) is 30.7. The van der Waals surface area contributed by atoms with E-state index in [-0.39, 0.29) is 18.0 Å². The summed E-state index contributed by atoms with van der Waals surface area (Å²) in [6.45, 7) is 0. The van der Waals surface area contributed by atoms with Crippen molar-refractivity contribution in [3.05, 3.63) is 39.9 Å². The molecule has 1 aliphatic carbocycles. The minimum Gasteiger partial charge on any atom is -0.465 e. The molecule has 1 aliphatic rings. The van der Waals surface area contributed by atoms with E-state index >= 15 is 0 Å². The van der Waals surface area contributed by atoms with Crippen LogP contribution in [0.3, 0.4) is 0 Å². The fourth-order valence-corrected chi connectivity index (χ4v) is 2.35. The Labute approximate surface area is 108 Å². The molecule has 7 nitrogen and oxygen atoms in total. The highest BCUT2D eigenvalue weighted by atomic mass is 16.6. The molecule has 0 aliphatic heterocycles. The number of hydrogen-bond acceptors (Lipinski definition) is 4. The maximum absolute atomic E-state index is 10.9. The molecule has 1 fully saturated rings. The van der Waals surface area contributed by atoms with Gasteiger partial charge in [-0.15, -0.1) is 0 Å². The third kappa shape index (κ3) is 2.33. The highest BCUT2D eigenvalue weighted by molar-refractivity contribution is 5.67. The first kappa shape index (κ1) is 12.8. The lowest BCUT2D eigenvalue weighted by atomic mass is 10.0. The van der Waals surface area contributed by atoms with Crippen molar-refractivity contribution in [1.29, 1.82) is 5.26 Å². The van der Waals surface area contributed by atoms with Gasteiger partial charge in [0.2, 0.25) is 0 Å². The van der Waals surface area contributed by atoms with E-state index in [2.05, 4.69) is 5.32 Å². The number of carbonyl (C=O) groups is 1. The molecule has 0 spiro atoms. The Morgan fingerprint density at radius 1 is 1.68 bits per heavy atom. The number of nitrogens with one attached hydrogen (secondary N) is 1. The summed E-state index contributed by atoms with van der Waals surface area (Å²) in [6.07, 6.45) is -0.510. The van der Waals surface area contributed by atoms with E-state index in [0.717, 1.165) is 0 Å². The van der Waals surface area contributed by atoms with Crippen LogP contribution in [-0.4, -0.2) is 16.1 Å². The second kappa shape index (κ2) is 4.57. The van der Waals surface area contributed by atoms with E-state index in [1.807, 2.05) is 6.07 Å². The number of amides is 1. The first-order valence-electron chi connectivity index (χ1n) is 5.62. The number of carboxylic acid groups (broad SMARTS) is 1. The molecule has 0 saturated heterocycles. The average Bonchev–Trinajstić information content (AvgIpc) is 3.03. The molecule has 0 heterocycles. The number of nitro benzene ring substituents is 1. The van der Waals surface area contributed by atoms with E-state index in [4.69, 9.17) is 10.4 Å². The van der Waals surface area contributed by atoms with Crippen LogP contribution < -0.4 is 5.32 Å². The highest BCUT2D eigenvalue weighted by Crippen LogP contribution is 2.54. The lowest BCUT2D eigenvalue weighted by Crippen LogP contribution is -2.35. The Morgan fingerprint density at radius 3 is 3.00 bits per heavy atom. The Kier molecular flexibility index (Phi) is 3.09. The monoisotopic (exact) mass is 261 g/mol. The predicted octanol–water partition coefficient (Wildman–Crippen LogP) is 1.99. The van der Waals surface area contributed by atoms with E-state index in [1.54, 1.807) is 6.07 Å². The normalized spacial score (nSPS) is 24.3. The minimum atomic E-state index is -1.20. The molecular formula is C12H11N3O4. The van der Waals surface area contributed by atoms with Crippen molar-refractivity contribution >= 4 is 11.8 Å². The van der Waals surface area contributed by atoms with Crippen molar-refractivity contribution < 1.29 is 14.8 Å². The van der Waals surface area contributed by atoms with Crippen LogP contribution in [0.15, 0.2) is 24.3 Å². The zero-order chi connectivity index (χ0) is 14.0. The van der Waals surface area contributed by atoms with Crippen LogP contribution in [0, 0.1) is 27.4 Å². The average molecular weight is 261 g/mol. The van der Waals surface area contributed by atoms with Crippen LogP contribution >= 0.6 is 0 Å². The predicted molar refractivity (Wildman–Crippen MR) is 64.3 cm³/mol. The van der Waals surface area contributed by atoms with Crippen molar-refractivity contribution in [2.24, 2.45) is 5.92 Å². The van der Waals surface area contributed by atoms with Crippen molar-refractivity contribution in [1.82, 2.24) is 5.32 Å². The maximum atomic E-state index is 10.9. The van der Waals surface area contributed by atoms with Gasteiger partial charge in [-0.1, -0.05) is 12.1 Å². The molecule has 98 valence electrons. The largest absolute Gasteiger partial charge is 0.465 e. The first-order valence-corrected chi connectivity index (χ1v) is 5.62. The molecule has 19 heavy (non-hydrogen) atoms. The Bertz CT molecular complexity index is 581. The van der Waals surface area contributed by atoms with Crippen molar-refractivity contribution in [3.8, 4) is 6.07 Å². The van der Waals surface area contributed by atoms with Gasteiger partial charge in [-0.05, 0) is 12.0 Å². The molecule has 0 radical (unpaired) electrons. The zero-order valence-electron chi connectivity index (χ0n) is 9.87. The number of benzene rings is 1. The minimum absolute atomic E-state index is 0.0910. The molecule has 2 rings (SSSR count). The van der Waals surface area contributed by atoms with Crippen LogP contribution in [0.5, 0.6) is 0 Å². The van der Waals surface area contributed by atoms with Gasteiger partial charge in [-0.2, -0.15) is 5.26 Å². The van der Waals surface area contributed by atoms with Crippen molar-refractivity contribution in [2.75, 3.05) is 0 Å². The molecule has 0 aromatic heterocycles. The summed E-state index contributed by atoms with van der Waals surface area (Å²) < 4.78 is 0. The number of hydrogen-bond donors (Lipinski definition) is 2. The van der Waals surface area contributed by atoms with Crippen molar-refractivity contribution in [3.63, 3.8) is 0 Å². The zero-order valence-corrected chi connectivity index (χ0v) is 9.87. The Balaban J connectivity index is 2.35. The number of nitro groups is 1. The quantitative estimate of drug-likeness (QED) is 0.635. The lowest BCUT2D eigenvalue weighted by molar-refractivity contribution is -0.385. The molecule has 1 aromatic carbocycles. The van der Waals surface area contributed by atoms with Gasteiger partial charge in [0.25, 0.3) is 5.69 Å². The summed E-state index contributed by atoms with van der Waals surface area (Å²) in [6, 6.07) is 7.85. The molecule has 2 N–H and O–H groups in total. The molecule has 1 amide bonds. The number of rotatable bonds is 4. The van der Waals surface area contributed by atoms with Gasteiger partial charge in [0.15, 0.2) is 0 Å². The topological polar surface area (TPSA) is 116 Å². The summed E-state index contributed by atoms with van der Waals surface area (Å²) >= 11 is 0. The SMILES string of the molecule is N#CC[C@H]1C[C@]1(NC(=O)O)c1cccc([N+](=O)[O-])c1. The van der Waals surface area contributed by atoms with E-state index in [9.17, 15) is 14.9 Å². The Hall–Kier alpha value is -2.62. The molecule has 2 atom stereocenters. The second-order valence-electron chi connectivity index (χ2n) is 4.47. The molecule has 0 unspecified atom stereocenters. The third-order valence-electron chi connectivity index (χ3n) is 3.34. The summed E-state index contributed by atoms with van der Waals surface area (Å²) in [5.41, 5.74) is -0.427. The van der Waals surface area contributed by atoms with Gasteiger partial charge in [0.1, 0.15) is 0 Å². The van der Waals surface area contributed by atoms with Gasteiger partial charge in [-0.3, -0.25) is 10.1 Å². The summed E-state index contributed by atoms with van der Waals surface area (Å²) in [7, 11) is 0. The van der Waals surface area contributed by atoms with E-state index < -0.39 is 16.6 Å². The summed E-state index contributed by atoms with van der Waals surface area (Å²) in [5.74, 6) is -0.143. The third-order valence-corrected chi connectivity index (χ3v) is 3.34. The van der Waals surface area contributed by atoms with Gasteiger partial charge >= 0.3 is 6.09 Å². The van der Waals surface area contributed by atoms with Gasteiger partial charge in [-0.25, -0.2) is 4.79 Å². The van der Waals surface area contributed by atoms with Crippen LogP contribution in [-0.2, 0) is 5.54 Å². The van der Waals surface area contributed by atoms with Gasteiger partial charge < -0.3 is 10.4 Å².